The van der Waals surface area contributed by atoms with Gasteiger partial charge in [0.1, 0.15) is 0 Å². The molecule has 2 nitrogen and oxygen atoms in total. The Kier molecular flexibility index (Phi) is 5.21. The van der Waals surface area contributed by atoms with E-state index in [1.165, 1.54) is 18.4 Å². The molecule has 1 aromatic rings. The SMILES string of the molecule is CCNC(C1CCOC1)C(CC)c1ccccc1. The van der Waals surface area contributed by atoms with E-state index in [1.807, 2.05) is 0 Å². The van der Waals surface area contributed by atoms with E-state index in [0.29, 0.717) is 17.9 Å². The third-order valence-corrected chi connectivity index (χ3v) is 4.01. The van der Waals surface area contributed by atoms with Crippen LogP contribution in [0.4, 0.5) is 0 Å². The summed E-state index contributed by atoms with van der Waals surface area (Å²) in [5.41, 5.74) is 1.46. The van der Waals surface area contributed by atoms with Gasteiger partial charge in [0.25, 0.3) is 0 Å². The lowest BCUT2D eigenvalue weighted by Crippen LogP contribution is -2.41. The van der Waals surface area contributed by atoms with E-state index in [2.05, 4.69) is 49.5 Å². The molecule has 0 radical (unpaired) electrons. The lowest BCUT2D eigenvalue weighted by atomic mass is 9.81. The predicted octanol–water partition coefficient (Wildman–Crippen LogP) is 3.19. The van der Waals surface area contributed by atoms with Crippen LogP contribution in [0.1, 0.15) is 38.2 Å². The van der Waals surface area contributed by atoms with Gasteiger partial charge in [-0.3, -0.25) is 0 Å². The number of rotatable bonds is 6. The van der Waals surface area contributed by atoms with Crippen LogP contribution in [0, 0.1) is 5.92 Å². The van der Waals surface area contributed by atoms with Crippen LogP contribution in [0.5, 0.6) is 0 Å². The fourth-order valence-electron chi connectivity index (χ4n) is 3.11. The number of ether oxygens (including phenoxy) is 1. The second-order valence-corrected chi connectivity index (χ2v) is 5.13. The number of nitrogens with one attached hydrogen (secondary N) is 1. The van der Waals surface area contributed by atoms with Gasteiger partial charge in [0.15, 0.2) is 0 Å². The Bertz CT molecular complexity index is 332. The summed E-state index contributed by atoms with van der Waals surface area (Å²) in [6.45, 7) is 7.36. The van der Waals surface area contributed by atoms with Crippen molar-refractivity contribution in [1.29, 1.82) is 0 Å². The van der Waals surface area contributed by atoms with Crippen molar-refractivity contribution < 1.29 is 4.74 Å². The van der Waals surface area contributed by atoms with Gasteiger partial charge in [0, 0.05) is 18.6 Å². The lowest BCUT2D eigenvalue weighted by Gasteiger charge is -2.31. The molecule has 2 heteroatoms. The van der Waals surface area contributed by atoms with Crippen molar-refractivity contribution in [3.8, 4) is 0 Å². The summed E-state index contributed by atoms with van der Waals surface area (Å²) in [5, 5.41) is 3.69. The fraction of sp³-hybridized carbons (Fsp3) is 0.625. The van der Waals surface area contributed by atoms with Crippen LogP contribution < -0.4 is 5.32 Å². The van der Waals surface area contributed by atoms with Gasteiger partial charge in [-0.25, -0.2) is 0 Å². The van der Waals surface area contributed by atoms with Crippen molar-refractivity contribution >= 4 is 0 Å². The molecule has 1 aliphatic rings. The van der Waals surface area contributed by atoms with Gasteiger partial charge in [0.05, 0.1) is 6.61 Å². The minimum atomic E-state index is 0.546. The summed E-state index contributed by atoms with van der Waals surface area (Å²) in [5.74, 6) is 1.26. The van der Waals surface area contributed by atoms with Crippen LogP contribution in [-0.4, -0.2) is 25.8 Å². The molecule has 1 aliphatic heterocycles. The molecule has 1 heterocycles. The quantitative estimate of drug-likeness (QED) is 0.833. The molecular formula is C16H25NO. The zero-order chi connectivity index (χ0) is 12.8. The molecule has 0 saturated carbocycles. The summed E-state index contributed by atoms with van der Waals surface area (Å²) in [6.07, 6.45) is 2.37. The van der Waals surface area contributed by atoms with E-state index in [0.717, 1.165) is 19.8 Å². The van der Waals surface area contributed by atoms with Crippen LogP contribution in [0.25, 0.3) is 0 Å². The van der Waals surface area contributed by atoms with Crippen molar-refractivity contribution in [3.63, 3.8) is 0 Å². The Morgan fingerprint density at radius 3 is 2.61 bits per heavy atom. The minimum Gasteiger partial charge on any atom is -0.381 e. The Morgan fingerprint density at radius 2 is 2.06 bits per heavy atom. The average molecular weight is 247 g/mol. The van der Waals surface area contributed by atoms with E-state index >= 15 is 0 Å². The Balaban J connectivity index is 2.16. The highest BCUT2D eigenvalue weighted by molar-refractivity contribution is 5.21. The summed E-state index contributed by atoms with van der Waals surface area (Å²) < 4.78 is 5.57. The fourth-order valence-corrected chi connectivity index (χ4v) is 3.11. The molecule has 0 aliphatic carbocycles. The molecular weight excluding hydrogens is 222 g/mol. The first-order valence-corrected chi connectivity index (χ1v) is 7.22. The number of likely N-dealkylation sites (N-methyl/N-ethyl adjacent to an activating group) is 1. The monoisotopic (exact) mass is 247 g/mol. The normalized spacial score (nSPS) is 22.9. The van der Waals surface area contributed by atoms with Crippen LogP contribution in [0.3, 0.4) is 0 Å². The maximum absolute atomic E-state index is 5.57. The summed E-state index contributed by atoms with van der Waals surface area (Å²) in [4.78, 5) is 0. The van der Waals surface area contributed by atoms with Gasteiger partial charge in [-0.1, -0.05) is 44.2 Å². The number of benzene rings is 1. The van der Waals surface area contributed by atoms with Gasteiger partial charge < -0.3 is 10.1 Å². The molecule has 100 valence electrons. The second kappa shape index (κ2) is 6.91. The van der Waals surface area contributed by atoms with Gasteiger partial charge in [-0.05, 0) is 30.9 Å². The third-order valence-electron chi connectivity index (χ3n) is 4.01. The minimum absolute atomic E-state index is 0.546. The molecule has 0 bridgehead atoms. The molecule has 2 rings (SSSR count). The van der Waals surface area contributed by atoms with E-state index in [-0.39, 0.29) is 0 Å². The van der Waals surface area contributed by atoms with E-state index in [1.54, 1.807) is 0 Å². The van der Waals surface area contributed by atoms with E-state index < -0.39 is 0 Å². The van der Waals surface area contributed by atoms with Gasteiger partial charge >= 0.3 is 0 Å². The molecule has 0 amide bonds. The molecule has 3 unspecified atom stereocenters. The highest BCUT2D eigenvalue weighted by Gasteiger charge is 2.31. The Labute approximate surface area is 111 Å². The predicted molar refractivity (Wildman–Crippen MR) is 75.9 cm³/mol. The zero-order valence-corrected chi connectivity index (χ0v) is 11.6. The lowest BCUT2D eigenvalue weighted by molar-refractivity contribution is 0.172. The number of hydrogen-bond donors (Lipinski definition) is 1. The molecule has 3 atom stereocenters. The molecule has 1 saturated heterocycles. The summed E-state index contributed by atoms with van der Waals surface area (Å²) in [7, 11) is 0. The van der Waals surface area contributed by atoms with Crippen molar-refractivity contribution in [3.05, 3.63) is 35.9 Å². The standard InChI is InChI=1S/C16H25NO/c1-3-15(13-8-6-5-7-9-13)16(17-4-2)14-10-11-18-12-14/h5-9,14-17H,3-4,10-12H2,1-2H3. The van der Waals surface area contributed by atoms with E-state index in [4.69, 9.17) is 4.74 Å². The highest BCUT2D eigenvalue weighted by atomic mass is 16.5. The summed E-state index contributed by atoms with van der Waals surface area (Å²) in [6, 6.07) is 11.4. The largest absolute Gasteiger partial charge is 0.381 e. The molecule has 1 aromatic carbocycles. The van der Waals surface area contributed by atoms with Crippen LogP contribution >= 0.6 is 0 Å². The maximum Gasteiger partial charge on any atom is 0.0510 e. The molecule has 0 aromatic heterocycles. The average Bonchev–Trinajstić information content (AvgIpc) is 2.93. The summed E-state index contributed by atoms with van der Waals surface area (Å²) >= 11 is 0. The van der Waals surface area contributed by atoms with E-state index in [9.17, 15) is 0 Å². The first-order chi connectivity index (χ1) is 8.86. The van der Waals surface area contributed by atoms with Gasteiger partial charge in [-0.15, -0.1) is 0 Å². The second-order valence-electron chi connectivity index (χ2n) is 5.13. The van der Waals surface area contributed by atoms with Crippen LogP contribution in [-0.2, 0) is 4.74 Å². The molecule has 18 heavy (non-hydrogen) atoms. The molecule has 1 N–H and O–H groups in total. The van der Waals surface area contributed by atoms with Gasteiger partial charge in [0.2, 0.25) is 0 Å². The van der Waals surface area contributed by atoms with Crippen molar-refractivity contribution in [2.45, 2.75) is 38.6 Å². The third kappa shape index (κ3) is 3.12. The first kappa shape index (κ1) is 13.6. The van der Waals surface area contributed by atoms with Gasteiger partial charge in [-0.2, -0.15) is 0 Å². The Hall–Kier alpha value is -0.860. The topological polar surface area (TPSA) is 21.3 Å². The van der Waals surface area contributed by atoms with Crippen molar-refractivity contribution in [2.75, 3.05) is 19.8 Å². The molecule has 1 fully saturated rings. The van der Waals surface area contributed by atoms with Crippen LogP contribution in [0.15, 0.2) is 30.3 Å². The van der Waals surface area contributed by atoms with Crippen molar-refractivity contribution in [1.82, 2.24) is 5.32 Å². The highest BCUT2D eigenvalue weighted by Crippen LogP contribution is 2.31. The smallest absolute Gasteiger partial charge is 0.0510 e. The van der Waals surface area contributed by atoms with Crippen molar-refractivity contribution in [2.24, 2.45) is 5.92 Å². The molecule has 0 spiro atoms. The number of hydrogen-bond acceptors (Lipinski definition) is 2. The van der Waals surface area contributed by atoms with Crippen LogP contribution in [0.2, 0.25) is 0 Å². The Morgan fingerprint density at radius 1 is 1.28 bits per heavy atom. The first-order valence-electron chi connectivity index (χ1n) is 7.22. The maximum atomic E-state index is 5.57. The zero-order valence-electron chi connectivity index (χ0n) is 11.6.